The molecule has 1 fully saturated rings. The second-order valence-corrected chi connectivity index (χ2v) is 7.54. The van der Waals surface area contributed by atoms with Crippen molar-refractivity contribution in [3.63, 3.8) is 0 Å². The Kier molecular flexibility index (Phi) is 3.09. The summed E-state index contributed by atoms with van der Waals surface area (Å²) >= 11 is 0. The minimum atomic E-state index is -4.81. The number of carbonyl (C=O) groups is 2. The average molecular weight is 389 g/mol. The molecule has 3 aliphatic rings. The van der Waals surface area contributed by atoms with E-state index in [1.165, 1.54) is 18.2 Å². The summed E-state index contributed by atoms with van der Waals surface area (Å²) in [4.78, 5) is 26.6. The maximum Gasteiger partial charge on any atom is 0.573 e. The van der Waals surface area contributed by atoms with Gasteiger partial charge in [0.05, 0.1) is 16.5 Å². The highest BCUT2D eigenvalue weighted by Gasteiger charge is 2.73. The van der Waals surface area contributed by atoms with Crippen molar-refractivity contribution in [3.05, 3.63) is 59.2 Å². The smallest absolute Gasteiger partial charge is 0.486 e. The number of carbonyl (C=O) groups excluding carboxylic acids is 2. The normalized spacial score (nSPS) is 27.2. The zero-order valence-electron chi connectivity index (χ0n) is 14.7. The Bertz CT molecular complexity index is 1010. The fraction of sp³-hybridized carbons (Fsp3) is 0.300. The van der Waals surface area contributed by atoms with E-state index in [0.717, 1.165) is 4.90 Å². The van der Waals surface area contributed by atoms with Gasteiger partial charge in [-0.2, -0.15) is 0 Å². The van der Waals surface area contributed by atoms with Crippen LogP contribution in [0.4, 0.5) is 13.2 Å². The first-order chi connectivity index (χ1) is 13.1. The summed E-state index contributed by atoms with van der Waals surface area (Å²) in [6.07, 6.45) is -4.31. The fourth-order valence-electron chi connectivity index (χ4n) is 4.42. The SMILES string of the molecule is CC12CC1(CN1C(=O)c3ccccc3C1=O)c1cc(OC(F)(F)F)ccc1O2. The lowest BCUT2D eigenvalue weighted by molar-refractivity contribution is -0.274. The van der Waals surface area contributed by atoms with Crippen molar-refractivity contribution in [2.45, 2.75) is 30.7 Å². The largest absolute Gasteiger partial charge is 0.573 e. The summed E-state index contributed by atoms with van der Waals surface area (Å²) in [6, 6.07) is 10.5. The average Bonchev–Trinajstić information content (AvgIpc) is 3.04. The lowest BCUT2D eigenvalue weighted by Crippen LogP contribution is -2.39. The number of fused-ring (bicyclic) bond motifs is 4. The summed E-state index contributed by atoms with van der Waals surface area (Å²) in [5.41, 5.74) is -0.241. The predicted molar refractivity (Wildman–Crippen MR) is 90.3 cm³/mol. The number of benzene rings is 2. The van der Waals surface area contributed by atoms with Gasteiger partial charge in [-0.25, -0.2) is 0 Å². The molecule has 0 bridgehead atoms. The van der Waals surface area contributed by atoms with Crippen LogP contribution in [0.3, 0.4) is 0 Å². The molecule has 2 heterocycles. The maximum atomic E-state index is 12.7. The fourth-order valence-corrected chi connectivity index (χ4v) is 4.42. The monoisotopic (exact) mass is 389 g/mol. The van der Waals surface area contributed by atoms with Gasteiger partial charge < -0.3 is 9.47 Å². The highest BCUT2D eigenvalue weighted by molar-refractivity contribution is 6.21. The molecule has 2 unspecified atom stereocenters. The van der Waals surface area contributed by atoms with Gasteiger partial charge in [0.25, 0.3) is 11.8 Å². The molecule has 0 spiro atoms. The first kappa shape index (κ1) is 17.1. The summed E-state index contributed by atoms with van der Waals surface area (Å²) in [6.45, 7) is 1.87. The topological polar surface area (TPSA) is 55.8 Å². The van der Waals surface area contributed by atoms with Crippen molar-refractivity contribution in [1.29, 1.82) is 0 Å². The van der Waals surface area contributed by atoms with E-state index in [1.54, 1.807) is 24.3 Å². The van der Waals surface area contributed by atoms with Crippen molar-refractivity contribution in [2.75, 3.05) is 6.54 Å². The van der Waals surface area contributed by atoms with Gasteiger partial charge in [0, 0.05) is 18.5 Å². The lowest BCUT2D eigenvalue weighted by atomic mass is 9.92. The van der Waals surface area contributed by atoms with Crippen molar-refractivity contribution >= 4 is 11.8 Å². The number of halogens is 3. The Morgan fingerprint density at radius 2 is 1.75 bits per heavy atom. The first-order valence-electron chi connectivity index (χ1n) is 8.68. The molecule has 2 aromatic rings. The van der Waals surface area contributed by atoms with E-state index in [4.69, 9.17) is 4.74 Å². The zero-order chi connectivity index (χ0) is 19.9. The molecule has 8 heteroatoms. The summed E-state index contributed by atoms with van der Waals surface area (Å²) < 4.78 is 47.8. The van der Waals surface area contributed by atoms with Gasteiger partial charge in [0.2, 0.25) is 0 Å². The molecule has 2 amide bonds. The molecular formula is C20H14F3NO4. The van der Waals surface area contributed by atoms with E-state index in [0.29, 0.717) is 28.9 Å². The molecule has 0 N–H and O–H groups in total. The molecule has 1 aliphatic carbocycles. The van der Waals surface area contributed by atoms with Gasteiger partial charge in [0.1, 0.15) is 17.1 Å². The summed E-state index contributed by atoms with van der Waals surface area (Å²) in [5, 5.41) is 0. The van der Waals surface area contributed by atoms with Crippen LogP contribution in [0.1, 0.15) is 39.6 Å². The first-order valence-corrected chi connectivity index (χ1v) is 8.68. The van der Waals surface area contributed by atoms with Crippen LogP contribution in [0, 0.1) is 0 Å². The standard InChI is InChI=1S/C20H14F3NO4/c1-18-9-19(18,10-24-16(25)12-4-2-3-5-13(12)17(24)26)14-8-11(27-20(21,22)23)6-7-15(14)28-18/h2-8H,9-10H2,1H3. The number of nitrogens with zero attached hydrogens (tertiary/aromatic N) is 1. The van der Waals surface area contributed by atoms with Crippen LogP contribution in [0.15, 0.2) is 42.5 Å². The van der Waals surface area contributed by atoms with Gasteiger partial charge in [-0.05, 0) is 37.3 Å². The molecule has 28 heavy (non-hydrogen) atoms. The van der Waals surface area contributed by atoms with Gasteiger partial charge in [-0.3, -0.25) is 14.5 Å². The van der Waals surface area contributed by atoms with Crippen LogP contribution < -0.4 is 9.47 Å². The number of imide groups is 1. The van der Waals surface area contributed by atoms with Crippen LogP contribution in [0.5, 0.6) is 11.5 Å². The molecule has 5 rings (SSSR count). The molecule has 2 aromatic carbocycles. The van der Waals surface area contributed by atoms with E-state index in [2.05, 4.69) is 4.74 Å². The van der Waals surface area contributed by atoms with Crippen LogP contribution in [-0.4, -0.2) is 35.2 Å². The van der Waals surface area contributed by atoms with Crippen molar-refractivity contribution in [1.82, 2.24) is 4.90 Å². The van der Waals surface area contributed by atoms with E-state index in [9.17, 15) is 22.8 Å². The second-order valence-electron chi connectivity index (χ2n) is 7.54. The van der Waals surface area contributed by atoms with E-state index in [-0.39, 0.29) is 12.3 Å². The molecular weight excluding hydrogens is 375 g/mol. The zero-order valence-corrected chi connectivity index (χ0v) is 14.7. The van der Waals surface area contributed by atoms with Crippen molar-refractivity contribution < 1.29 is 32.2 Å². The Labute approximate surface area is 157 Å². The maximum absolute atomic E-state index is 12.7. The van der Waals surface area contributed by atoms with Crippen LogP contribution >= 0.6 is 0 Å². The van der Waals surface area contributed by atoms with Crippen LogP contribution in [-0.2, 0) is 5.41 Å². The lowest BCUT2D eigenvalue weighted by Gasteiger charge is -2.22. The molecule has 0 saturated heterocycles. The number of alkyl halides is 3. The molecule has 144 valence electrons. The Morgan fingerprint density at radius 1 is 1.11 bits per heavy atom. The number of ether oxygens (including phenoxy) is 2. The Morgan fingerprint density at radius 3 is 2.36 bits per heavy atom. The van der Waals surface area contributed by atoms with Gasteiger partial charge >= 0.3 is 6.36 Å². The quantitative estimate of drug-likeness (QED) is 0.752. The molecule has 2 aliphatic heterocycles. The molecule has 0 radical (unpaired) electrons. The van der Waals surface area contributed by atoms with Crippen LogP contribution in [0.25, 0.3) is 0 Å². The van der Waals surface area contributed by atoms with Gasteiger partial charge in [-0.1, -0.05) is 12.1 Å². The van der Waals surface area contributed by atoms with E-state index >= 15 is 0 Å². The van der Waals surface area contributed by atoms with E-state index in [1.807, 2.05) is 6.92 Å². The third-order valence-corrected chi connectivity index (χ3v) is 5.87. The number of hydrogen-bond donors (Lipinski definition) is 0. The highest BCUT2D eigenvalue weighted by atomic mass is 19.4. The number of rotatable bonds is 3. The third-order valence-electron chi connectivity index (χ3n) is 5.87. The molecule has 2 atom stereocenters. The van der Waals surface area contributed by atoms with Crippen molar-refractivity contribution in [3.8, 4) is 11.5 Å². The highest BCUT2D eigenvalue weighted by Crippen LogP contribution is 2.67. The molecule has 1 saturated carbocycles. The minimum Gasteiger partial charge on any atom is -0.486 e. The van der Waals surface area contributed by atoms with Crippen molar-refractivity contribution in [2.24, 2.45) is 0 Å². The number of amides is 2. The minimum absolute atomic E-state index is 0.0400. The molecule has 0 aromatic heterocycles. The van der Waals surface area contributed by atoms with E-state index < -0.39 is 29.2 Å². The van der Waals surface area contributed by atoms with Gasteiger partial charge in [0.15, 0.2) is 0 Å². The Hall–Kier alpha value is -3.03. The summed E-state index contributed by atoms with van der Waals surface area (Å²) in [5.74, 6) is -0.714. The number of hydrogen-bond acceptors (Lipinski definition) is 4. The second kappa shape index (κ2) is 5.06. The predicted octanol–water partition coefficient (Wildman–Crippen LogP) is 3.67. The molecule has 5 nitrogen and oxygen atoms in total. The van der Waals surface area contributed by atoms with Crippen LogP contribution in [0.2, 0.25) is 0 Å². The Balaban J connectivity index is 1.50. The third kappa shape index (κ3) is 2.20. The van der Waals surface area contributed by atoms with Gasteiger partial charge in [-0.15, -0.1) is 13.2 Å². The summed E-state index contributed by atoms with van der Waals surface area (Å²) in [7, 11) is 0.